The van der Waals surface area contributed by atoms with Gasteiger partial charge in [-0.15, -0.1) is 10.2 Å². The van der Waals surface area contributed by atoms with E-state index in [1.807, 2.05) is 0 Å². The van der Waals surface area contributed by atoms with Crippen molar-refractivity contribution in [2.24, 2.45) is 0 Å². The van der Waals surface area contributed by atoms with Gasteiger partial charge < -0.3 is 14.2 Å². The van der Waals surface area contributed by atoms with Gasteiger partial charge in [-0.3, -0.25) is 4.79 Å². The van der Waals surface area contributed by atoms with Crippen LogP contribution in [-0.2, 0) is 9.53 Å². The number of ether oxygens (including phenoxy) is 1. The SMILES string of the molecule is O=C1[C@@H](Sc2nnc(C3CC3)n2C2CC2)CCN1C1CCOCC1. The van der Waals surface area contributed by atoms with Gasteiger partial charge in [-0.25, -0.2) is 0 Å². The Balaban J connectivity index is 1.31. The number of thioether (sulfide) groups is 1. The van der Waals surface area contributed by atoms with Crippen LogP contribution in [0.3, 0.4) is 0 Å². The van der Waals surface area contributed by atoms with Crippen molar-refractivity contribution in [3.05, 3.63) is 5.82 Å². The lowest BCUT2D eigenvalue weighted by molar-refractivity contribution is -0.130. The number of carbonyl (C=O) groups excluding carboxylic acids is 1. The molecule has 0 N–H and O–H groups in total. The Morgan fingerprint density at radius 1 is 0.958 bits per heavy atom. The Morgan fingerprint density at radius 3 is 2.46 bits per heavy atom. The minimum absolute atomic E-state index is 0.0154. The molecule has 6 nitrogen and oxygen atoms in total. The second-order valence-electron chi connectivity index (χ2n) is 7.49. The maximum atomic E-state index is 12.9. The maximum absolute atomic E-state index is 12.9. The number of amides is 1. The van der Waals surface area contributed by atoms with Crippen LogP contribution in [0.5, 0.6) is 0 Å². The molecule has 5 rings (SSSR count). The van der Waals surface area contributed by atoms with Crippen LogP contribution >= 0.6 is 11.8 Å². The highest BCUT2D eigenvalue weighted by molar-refractivity contribution is 8.00. The van der Waals surface area contributed by atoms with Crippen molar-refractivity contribution >= 4 is 17.7 Å². The highest BCUT2D eigenvalue weighted by Crippen LogP contribution is 2.47. The Kier molecular flexibility index (Phi) is 3.81. The van der Waals surface area contributed by atoms with Crippen molar-refractivity contribution in [3.63, 3.8) is 0 Å². The average Bonchev–Trinajstić information content (AvgIpc) is 3.54. The summed E-state index contributed by atoms with van der Waals surface area (Å²) < 4.78 is 7.79. The fraction of sp³-hybridized carbons (Fsp3) is 0.824. The Labute approximate surface area is 146 Å². The van der Waals surface area contributed by atoms with E-state index in [0.717, 1.165) is 44.2 Å². The lowest BCUT2D eigenvalue weighted by Gasteiger charge is -2.31. The third-order valence-corrected chi connectivity index (χ3v) is 6.83. The summed E-state index contributed by atoms with van der Waals surface area (Å²) in [5.74, 6) is 2.09. The summed E-state index contributed by atoms with van der Waals surface area (Å²) in [7, 11) is 0. The summed E-state index contributed by atoms with van der Waals surface area (Å²) >= 11 is 1.65. The molecule has 130 valence electrons. The van der Waals surface area contributed by atoms with Gasteiger partial charge in [0.05, 0.1) is 5.25 Å². The monoisotopic (exact) mass is 348 g/mol. The average molecular weight is 348 g/mol. The maximum Gasteiger partial charge on any atom is 0.236 e. The van der Waals surface area contributed by atoms with Crippen LogP contribution in [0, 0.1) is 0 Å². The molecule has 3 heterocycles. The van der Waals surface area contributed by atoms with Crippen molar-refractivity contribution in [1.29, 1.82) is 0 Å². The molecule has 0 unspecified atom stereocenters. The lowest BCUT2D eigenvalue weighted by atomic mass is 10.1. The standard InChI is InChI=1S/C17H24N4O2S/c22-16-14(5-8-20(16)12-6-9-23-10-7-12)24-17-19-18-15(11-1-2-11)21(17)13-3-4-13/h11-14H,1-10H2/t14-/m0/s1. The highest BCUT2D eigenvalue weighted by Gasteiger charge is 2.40. The third-order valence-electron chi connectivity index (χ3n) is 5.62. The van der Waals surface area contributed by atoms with Crippen LogP contribution in [0.1, 0.15) is 62.7 Å². The molecular weight excluding hydrogens is 324 g/mol. The third kappa shape index (κ3) is 2.75. The first-order chi connectivity index (χ1) is 11.8. The number of likely N-dealkylation sites (tertiary alicyclic amines) is 1. The zero-order chi connectivity index (χ0) is 16.1. The van der Waals surface area contributed by atoms with Crippen LogP contribution in [0.25, 0.3) is 0 Å². The van der Waals surface area contributed by atoms with Gasteiger partial charge in [0.1, 0.15) is 5.82 Å². The van der Waals surface area contributed by atoms with Gasteiger partial charge in [0.25, 0.3) is 0 Å². The Bertz CT molecular complexity index is 635. The van der Waals surface area contributed by atoms with Crippen molar-refractivity contribution in [3.8, 4) is 0 Å². The number of nitrogens with zero attached hydrogens (tertiary/aromatic N) is 4. The molecule has 2 saturated carbocycles. The minimum Gasteiger partial charge on any atom is -0.381 e. The summed E-state index contributed by atoms with van der Waals surface area (Å²) in [6, 6.07) is 0.960. The molecule has 1 aromatic heterocycles. The predicted molar refractivity (Wildman–Crippen MR) is 90.1 cm³/mol. The first kappa shape index (κ1) is 15.2. The second kappa shape index (κ2) is 6.02. The van der Waals surface area contributed by atoms with Crippen LogP contribution in [0.15, 0.2) is 5.16 Å². The molecule has 2 aliphatic carbocycles. The van der Waals surface area contributed by atoms with E-state index in [9.17, 15) is 4.79 Å². The largest absolute Gasteiger partial charge is 0.381 e. The predicted octanol–water partition coefficient (Wildman–Crippen LogP) is 2.36. The minimum atomic E-state index is 0.0154. The van der Waals surface area contributed by atoms with E-state index >= 15 is 0 Å². The fourth-order valence-electron chi connectivity index (χ4n) is 3.94. The molecule has 0 bridgehead atoms. The summed E-state index contributed by atoms with van der Waals surface area (Å²) in [5, 5.41) is 9.92. The molecule has 4 aliphatic rings. The van der Waals surface area contributed by atoms with Crippen molar-refractivity contribution in [2.75, 3.05) is 19.8 Å². The van der Waals surface area contributed by atoms with E-state index < -0.39 is 0 Å². The zero-order valence-corrected chi connectivity index (χ0v) is 14.7. The smallest absolute Gasteiger partial charge is 0.236 e. The van der Waals surface area contributed by atoms with Crippen LogP contribution in [0.2, 0.25) is 0 Å². The number of rotatable bonds is 5. The summed E-state index contributed by atoms with van der Waals surface area (Å²) in [6.07, 6.45) is 7.85. The molecule has 24 heavy (non-hydrogen) atoms. The van der Waals surface area contributed by atoms with Crippen LogP contribution in [0.4, 0.5) is 0 Å². The molecule has 1 aromatic rings. The van der Waals surface area contributed by atoms with Crippen molar-refractivity contribution in [1.82, 2.24) is 19.7 Å². The molecule has 1 atom stereocenters. The van der Waals surface area contributed by atoms with Gasteiger partial charge in [0.2, 0.25) is 5.91 Å². The van der Waals surface area contributed by atoms with Gasteiger partial charge in [0.15, 0.2) is 5.16 Å². The van der Waals surface area contributed by atoms with Crippen molar-refractivity contribution in [2.45, 2.75) is 73.4 Å². The molecule has 0 aromatic carbocycles. The van der Waals surface area contributed by atoms with Gasteiger partial charge in [-0.1, -0.05) is 11.8 Å². The van der Waals surface area contributed by atoms with E-state index in [-0.39, 0.29) is 5.25 Å². The summed E-state index contributed by atoms with van der Waals surface area (Å²) in [5.41, 5.74) is 0. The lowest BCUT2D eigenvalue weighted by Crippen LogP contribution is -2.41. The molecule has 7 heteroatoms. The molecule has 4 fully saturated rings. The first-order valence-electron chi connectivity index (χ1n) is 9.31. The van der Waals surface area contributed by atoms with E-state index in [1.54, 1.807) is 11.8 Å². The van der Waals surface area contributed by atoms with E-state index in [0.29, 0.717) is 23.9 Å². The van der Waals surface area contributed by atoms with Gasteiger partial charge in [-0.2, -0.15) is 0 Å². The zero-order valence-electron chi connectivity index (χ0n) is 13.9. The normalized spacial score (nSPS) is 28.8. The van der Waals surface area contributed by atoms with E-state index in [2.05, 4.69) is 19.7 Å². The fourth-order valence-corrected chi connectivity index (χ4v) is 5.09. The van der Waals surface area contributed by atoms with Gasteiger partial charge >= 0.3 is 0 Å². The molecule has 0 spiro atoms. The molecule has 0 radical (unpaired) electrons. The van der Waals surface area contributed by atoms with Crippen LogP contribution < -0.4 is 0 Å². The number of aromatic nitrogens is 3. The topological polar surface area (TPSA) is 60.2 Å². The number of hydrogen-bond donors (Lipinski definition) is 0. The van der Waals surface area contributed by atoms with Gasteiger partial charge in [-0.05, 0) is 44.9 Å². The molecule has 2 saturated heterocycles. The summed E-state index contributed by atoms with van der Waals surface area (Å²) in [6.45, 7) is 2.45. The first-order valence-corrected chi connectivity index (χ1v) is 10.2. The molecule has 1 amide bonds. The quantitative estimate of drug-likeness (QED) is 0.817. The van der Waals surface area contributed by atoms with Gasteiger partial charge in [0, 0.05) is 37.8 Å². The Morgan fingerprint density at radius 2 is 1.75 bits per heavy atom. The van der Waals surface area contributed by atoms with E-state index in [1.165, 1.54) is 31.5 Å². The summed E-state index contributed by atoms with van der Waals surface area (Å²) in [4.78, 5) is 15.0. The number of carbonyl (C=O) groups is 1. The highest BCUT2D eigenvalue weighted by atomic mass is 32.2. The Hall–Kier alpha value is -1.08. The molecular formula is C17H24N4O2S. The van der Waals surface area contributed by atoms with Crippen molar-refractivity contribution < 1.29 is 9.53 Å². The number of hydrogen-bond acceptors (Lipinski definition) is 5. The van der Waals surface area contributed by atoms with E-state index in [4.69, 9.17) is 4.74 Å². The molecule has 2 aliphatic heterocycles. The second-order valence-corrected chi connectivity index (χ2v) is 8.66. The van der Waals surface area contributed by atoms with Crippen LogP contribution in [-0.4, -0.2) is 56.6 Å².